The zero-order valence-corrected chi connectivity index (χ0v) is 23.3. The number of aryl methyl sites for hydroxylation is 1. The predicted molar refractivity (Wildman–Crippen MR) is 149 cm³/mol. The van der Waals surface area contributed by atoms with Crippen molar-refractivity contribution in [2.45, 2.75) is 44.2 Å². The molecule has 2 aliphatic heterocycles. The third-order valence-electron chi connectivity index (χ3n) is 9.19. The van der Waals surface area contributed by atoms with Crippen molar-refractivity contribution < 1.29 is 27.3 Å². The molecule has 2 amide bonds. The molecule has 0 radical (unpaired) electrons. The first-order chi connectivity index (χ1) is 20.6. The number of hydrogen-bond acceptors (Lipinski definition) is 7. The third-order valence-corrected chi connectivity index (χ3v) is 9.19. The molecular weight excluding hydrogens is 563 g/mol. The number of carbonyl (C=O) groups excluding carboxylic acids is 2. The Kier molecular flexibility index (Phi) is 5.51. The molecule has 3 aromatic heterocycles. The standard InChI is InChI=1S/C30H28F3N7O3/c1-16-2-3-17(25-36-27(43-37-25)20-8-22(20)31)6-23(16)35-26(41)21-11-34-40-5-4-19(7-24(21)40)38-12-29(13-38)14-39(15-29)28(42)18-9-30(32,33)10-18/h2-7,11,18,20,22H,8-10,12-15H2,1H3,(H,35,41)/t20-,22-/m0/s1. The van der Waals surface area contributed by atoms with Crippen molar-refractivity contribution in [1.29, 1.82) is 0 Å². The van der Waals surface area contributed by atoms with Gasteiger partial charge in [0.1, 0.15) is 6.17 Å². The summed E-state index contributed by atoms with van der Waals surface area (Å²) in [5, 5.41) is 11.3. The molecule has 0 unspecified atom stereocenters. The molecule has 8 rings (SSSR count). The Labute approximate surface area is 243 Å². The van der Waals surface area contributed by atoms with E-state index in [-0.39, 0.29) is 41.9 Å². The molecule has 1 spiro atoms. The Morgan fingerprint density at radius 3 is 2.58 bits per heavy atom. The van der Waals surface area contributed by atoms with Crippen LogP contribution in [-0.4, -0.2) is 74.7 Å². The number of anilines is 2. The second-order valence-corrected chi connectivity index (χ2v) is 12.6. The normalized spacial score (nSPS) is 23.5. The lowest BCUT2D eigenvalue weighted by Crippen LogP contribution is -2.74. The molecule has 2 aliphatic carbocycles. The monoisotopic (exact) mass is 591 g/mol. The molecule has 43 heavy (non-hydrogen) atoms. The van der Waals surface area contributed by atoms with Crippen LogP contribution in [0.3, 0.4) is 0 Å². The van der Waals surface area contributed by atoms with Crippen molar-refractivity contribution in [2.24, 2.45) is 11.3 Å². The van der Waals surface area contributed by atoms with E-state index in [0.29, 0.717) is 47.7 Å². The van der Waals surface area contributed by atoms with Crippen LogP contribution in [0.4, 0.5) is 24.5 Å². The summed E-state index contributed by atoms with van der Waals surface area (Å²) in [6.07, 6.45) is 2.11. The predicted octanol–water partition coefficient (Wildman–Crippen LogP) is 4.46. The first-order valence-electron chi connectivity index (χ1n) is 14.4. The van der Waals surface area contributed by atoms with Gasteiger partial charge in [0.05, 0.1) is 23.2 Å². The number of aromatic nitrogens is 4. The molecule has 0 bridgehead atoms. The van der Waals surface area contributed by atoms with E-state index in [2.05, 4.69) is 25.5 Å². The highest BCUT2D eigenvalue weighted by Gasteiger charge is 2.57. The number of likely N-dealkylation sites (tertiary alicyclic amines) is 1. The van der Waals surface area contributed by atoms with Gasteiger partial charge in [-0.1, -0.05) is 17.3 Å². The zero-order valence-electron chi connectivity index (χ0n) is 23.3. The molecule has 5 heterocycles. The molecule has 4 aliphatic rings. The first kappa shape index (κ1) is 26.2. The summed E-state index contributed by atoms with van der Waals surface area (Å²) in [4.78, 5) is 34.1. The lowest BCUT2D eigenvalue weighted by Gasteiger charge is -2.61. The number of hydrogen-bond donors (Lipinski definition) is 1. The second-order valence-electron chi connectivity index (χ2n) is 12.6. The van der Waals surface area contributed by atoms with Crippen molar-refractivity contribution in [3.05, 3.63) is 59.7 Å². The molecule has 2 saturated carbocycles. The van der Waals surface area contributed by atoms with E-state index in [1.807, 2.05) is 31.2 Å². The molecule has 222 valence electrons. The topological polar surface area (TPSA) is 109 Å². The van der Waals surface area contributed by atoms with E-state index >= 15 is 0 Å². The molecule has 1 aromatic carbocycles. The van der Waals surface area contributed by atoms with Crippen molar-refractivity contribution in [2.75, 3.05) is 36.4 Å². The van der Waals surface area contributed by atoms with E-state index in [0.717, 1.165) is 24.3 Å². The number of halogens is 3. The largest absolute Gasteiger partial charge is 0.370 e. The number of rotatable bonds is 6. The quantitative estimate of drug-likeness (QED) is 0.353. The minimum atomic E-state index is -2.70. The van der Waals surface area contributed by atoms with Crippen LogP contribution < -0.4 is 10.2 Å². The van der Waals surface area contributed by atoms with Gasteiger partial charge in [-0.15, -0.1) is 0 Å². The van der Waals surface area contributed by atoms with Crippen LogP contribution >= 0.6 is 0 Å². The number of nitrogens with one attached hydrogen (secondary N) is 1. The van der Waals surface area contributed by atoms with Gasteiger partial charge in [-0.05, 0) is 37.1 Å². The van der Waals surface area contributed by atoms with Crippen LogP contribution in [-0.2, 0) is 4.79 Å². The van der Waals surface area contributed by atoms with Gasteiger partial charge in [-0.25, -0.2) is 17.7 Å². The van der Waals surface area contributed by atoms with Gasteiger partial charge in [0.25, 0.3) is 5.91 Å². The maximum atomic E-state index is 13.4. The van der Waals surface area contributed by atoms with Gasteiger partial charge in [-0.2, -0.15) is 10.1 Å². The Bertz CT molecular complexity index is 1780. The van der Waals surface area contributed by atoms with Crippen LogP contribution in [0.5, 0.6) is 0 Å². The van der Waals surface area contributed by atoms with Gasteiger partial charge in [0.2, 0.25) is 23.5 Å². The van der Waals surface area contributed by atoms with Gasteiger partial charge >= 0.3 is 0 Å². The van der Waals surface area contributed by atoms with E-state index in [9.17, 15) is 22.8 Å². The van der Waals surface area contributed by atoms with Gasteiger partial charge in [-0.3, -0.25) is 9.59 Å². The fraction of sp³-hybridized carbons (Fsp3) is 0.433. The minimum Gasteiger partial charge on any atom is -0.370 e. The van der Waals surface area contributed by atoms with Crippen LogP contribution in [0.2, 0.25) is 0 Å². The highest BCUT2D eigenvalue weighted by Crippen LogP contribution is 2.47. The van der Waals surface area contributed by atoms with Crippen LogP contribution in [0.1, 0.15) is 47.0 Å². The van der Waals surface area contributed by atoms with Crippen LogP contribution in [0.25, 0.3) is 16.9 Å². The molecule has 13 heteroatoms. The summed E-state index contributed by atoms with van der Waals surface area (Å²) >= 11 is 0. The lowest BCUT2D eigenvalue weighted by molar-refractivity contribution is -0.171. The minimum absolute atomic E-state index is 0.0112. The average Bonchev–Trinajstić information content (AvgIpc) is 3.29. The first-order valence-corrected chi connectivity index (χ1v) is 14.4. The van der Waals surface area contributed by atoms with Crippen LogP contribution in [0.15, 0.2) is 47.2 Å². The SMILES string of the molecule is Cc1ccc(-c2noc([C@H]3C[C@@H]3F)n2)cc1NC(=O)c1cnn2ccc(N3CC4(CN(C(=O)C5CC(F)(F)C5)C4)C3)cc12. The number of nitrogens with zero attached hydrogens (tertiary/aromatic N) is 6. The van der Waals surface area contributed by atoms with Crippen molar-refractivity contribution in [3.8, 4) is 11.4 Å². The smallest absolute Gasteiger partial charge is 0.259 e. The van der Waals surface area contributed by atoms with Gasteiger partial charge < -0.3 is 19.6 Å². The van der Waals surface area contributed by atoms with Crippen molar-refractivity contribution >= 4 is 28.7 Å². The third kappa shape index (κ3) is 4.43. The number of fused-ring (bicyclic) bond motifs is 1. The molecule has 4 fully saturated rings. The van der Waals surface area contributed by atoms with Crippen molar-refractivity contribution in [3.63, 3.8) is 0 Å². The Balaban J connectivity index is 0.940. The van der Waals surface area contributed by atoms with E-state index in [1.165, 1.54) is 6.20 Å². The summed E-state index contributed by atoms with van der Waals surface area (Å²) in [5.74, 6) is -3.44. The molecule has 2 saturated heterocycles. The van der Waals surface area contributed by atoms with E-state index in [1.54, 1.807) is 21.7 Å². The number of pyridine rings is 1. The van der Waals surface area contributed by atoms with Gasteiger partial charge in [0, 0.05) is 73.5 Å². The Hall–Kier alpha value is -4.42. The maximum Gasteiger partial charge on any atom is 0.259 e. The fourth-order valence-electron chi connectivity index (χ4n) is 6.51. The molecule has 4 aromatic rings. The summed E-state index contributed by atoms with van der Waals surface area (Å²) in [5.41, 5.74) is 4.05. The summed E-state index contributed by atoms with van der Waals surface area (Å²) in [6, 6.07) is 9.30. The molecule has 1 N–H and O–H groups in total. The second kappa shape index (κ2) is 9.04. The summed E-state index contributed by atoms with van der Waals surface area (Å²) < 4.78 is 46.7. The number of benzene rings is 1. The van der Waals surface area contributed by atoms with E-state index in [4.69, 9.17) is 4.52 Å². The average molecular weight is 592 g/mol. The summed E-state index contributed by atoms with van der Waals surface area (Å²) in [6.45, 7) is 4.56. The van der Waals surface area contributed by atoms with E-state index < -0.39 is 18.0 Å². The zero-order chi connectivity index (χ0) is 29.7. The van der Waals surface area contributed by atoms with Crippen molar-refractivity contribution in [1.82, 2.24) is 24.7 Å². The number of amides is 2. The highest BCUT2D eigenvalue weighted by atomic mass is 19.3. The highest BCUT2D eigenvalue weighted by molar-refractivity contribution is 6.09. The van der Waals surface area contributed by atoms with Gasteiger partial charge in [0.15, 0.2) is 0 Å². The Morgan fingerprint density at radius 1 is 1.09 bits per heavy atom. The Morgan fingerprint density at radius 2 is 1.86 bits per heavy atom. The molecule has 2 atom stereocenters. The summed E-state index contributed by atoms with van der Waals surface area (Å²) in [7, 11) is 0. The number of alkyl halides is 3. The molecular formula is C30H28F3N7O3. The molecule has 10 nitrogen and oxygen atoms in total. The number of carbonyl (C=O) groups is 2. The fourth-order valence-corrected chi connectivity index (χ4v) is 6.51. The van der Waals surface area contributed by atoms with Crippen LogP contribution in [0, 0.1) is 18.3 Å². The lowest BCUT2D eigenvalue weighted by atomic mass is 9.71. The maximum absolute atomic E-state index is 13.4.